The Bertz CT molecular complexity index is 856. The van der Waals surface area contributed by atoms with Crippen molar-refractivity contribution in [3.05, 3.63) is 40.2 Å². The van der Waals surface area contributed by atoms with Gasteiger partial charge in [-0.05, 0) is 33.6 Å². The minimum Gasteiger partial charge on any atom is -0.493 e. The third-order valence-electron chi connectivity index (χ3n) is 3.23. The number of methoxy groups -OCH3 is 1. The summed E-state index contributed by atoms with van der Waals surface area (Å²) in [4.78, 5) is 12.9. The lowest BCUT2D eigenvalue weighted by Gasteiger charge is -2.13. The van der Waals surface area contributed by atoms with Gasteiger partial charge in [0.2, 0.25) is 5.95 Å². The number of rotatable bonds is 3. The number of pyridine rings is 1. The first kappa shape index (κ1) is 15.0. The molecule has 22 heavy (non-hydrogen) atoms. The molecule has 5 nitrogen and oxygen atoms in total. The van der Waals surface area contributed by atoms with Crippen LogP contribution in [0.15, 0.2) is 35.2 Å². The van der Waals surface area contributed by atoms with Gasteiger partial charge in [0.25, 0.3) is 0 Å². The Labute approximate surface area is 140 Å². The summed E-state index contributed by atoms with van der Waals surface area (Å²) in [7, 11) is 3.38. The van der Waals surface area contributed by atoms with Gasteiger partial charge in [0, 0.05) is 36.6 Å². The number of aromatic nitrogens is 3. The van der Waals surface area contributed by atoms with Gasteiger partial charge in [-0.1, -0.05) is 11.6 Å². The topological polar surface area (TPSA) is 59.9 Å². The van der Waals surface area contributed by atoms with E-state index in [4.69, 9.17) is 16.3 Å². The fourth-order valence-electron chi connectivity index (χ4n) is 2.25. The molecule has 0 fully saturated rings. The molecule has 0 unspecified atom stereocenters. The largest absolute Gasteiger partial charge is 0.493 e. The molecule has 0 aliphatic rings. The lowest BCUT2D eigenvalue weighted by atomic mass is 10.0. The van der Waals surface area contributed by atoms with E-state index in [-0.39, 0.29) is 0 Å². The van der Waals surface area contributed by atoms with Crippen LogP contribution in [0.4, 0.5) is 5.95 Å². The lowest BCUT2D eigenvalue weighted by molar-refractivity contribution is 0.416. The van der Waals surface area contributed by atoms with Gasteiger partial charge in [0.1, 0.15) is 5.52 Å². The first-order valence-electron chi connectivity index (χ1n) is 6.46. The van der Waals surface area contributed by atoms with Crippen molar-refractivity contribution < 1.29 is 4.74 Å². The number of anilines is 1. The predicted molar refractivity (Wildman–Crippen MR) is 91.6 cm³/mol. The van der Waals surface area contributed by atoms with Gasteiger partial charge in [-0.15, -0.1) is 0 Å². The Hall–Kier alpha value is -1.92. The second-order valence-corrected chi connectivity index (χ2v) is 5.83. The van der Waals surface area contributed by atoms with Crippen molar-refractivity contribution in [3.63, 3.8) is 0 Å². The molecule has 0 radical (unpaired) electrons. The van der Waals surface area contributed by atoms with E-state index in [1.54, 1.807) is 32.7 Å². The highest BCUT2D eigenvalue weighted by Gasteiger charge is 2.15. The summed E-state index contributed by atoms with van der Waals surface area (Å²) < 4.78 is 6.27. The number of ether oxygens (including phenoxy) is 1. The van der Waals surface area contributed by atoms with Gasteiger partial charge in [0.05, 0.1) is 16.6 Å². The molecule has 0 amide bonds. The maximum absolute atomic E-state index is 6.05. The molecule has 2 aromatic heterocycles. The quantitative estimate of drug-likeness (QED) is 0.740. The molecule has 2 heterocycles. The van der Waals surface area contributed by atoms with E-state index in [0.717, 1.165) is 21.0 Å². The highest BCUT2D eigenvalue weighted by molar-refractivity contribution is 9.10. The average molecular weight is 380 g/mol. The smallest absolute Gasteiger partial charge is 0.223 e. The molecule has 0 atom stereocenters. The summed E-state index contributed by atoms with van der Waals surface area (Å²) in [5.41, 5.74) is 2.54. The monoisotopic (exact) mass is 378 g/mol. The zero-order valence-electron chi connectivity index (χ0n) is 11.9. The Balaban J connectivity index is 2.36. The van der Waals surface area contributed by atoms with Crippen molar-refractivity contribution in [1.82, 2.24) is 15.0 Å². The molecular weight excluding hydrogens is 368 g/mol. The molecule has 0 aliphatic heterocycles. The van der Waals surface area contributed by atoms with E-state index < -0.39 is 0 Å². The summed E-state index contributed by atoms with van der Waals surface area (Å²) in [6, 6.07) is 3.81. The third-order valence-corrected chi connectivity index (χ3v) is 4.02. The first-order valence-corrected chi connectivity index (χ1v) is 7.63. The van der Waals surface area contributed by atoms with Crippen molar-refractivity contribution in [2.45, 2.75) is 0 Å². The van der Waals surface area contributed by atoms with Gasteiger partial charge in [-0.3, -0.25) is 4.98 Å². The van der Waals surface area contributed by atoms with Gasteiger partial charge in [-0.2, -0.15) is 0 Å². The molecule has 1 N–H and O–H groups in total. The van der Waals surface area contributed by atoms with Crippen LogP contribution >= 0.6 is 27.5 Å². The maximum atomic E-state index is 6.05. The van der Waals surface area contributed by atoms with E-state index in [0.29, 0.717) is 22.2 Å². The molecule has 0 bridgehead atoms. The minimum atomic E-state index is 0.527. The van der Waals surface area contributed by atoms with Gasteiger partial charge < -0.3 is 10.1 Å². The Morgan fingerprint density at radius 1 is 1.23 bits per heavy atom. The summed E-state index contributed by atoms with van der Waals surface area (Å²) >= 11 is 9.58. The zero-order valence-corrected chi connectivity index (χ0v) is 14.2. The summed E-state index contributed by atoms with van der Waals surface area (Å²) in [5, 5.41) is 4.37. The van der Waals surface area contributed by atoms with Crippen molar-refractivity contribution in [2.75, 3.05) is 19.5 Å². The van der Waals surface area contributed by atoms with Gasteiger partial charge >= 0.3 is 0 Å². The van der Waals surface area contributed by atoms with Crippen LogP contribution in [0.1, 0.15) is 0 Å². The second kappa shape index (κ2) is 6.06. The van der Waals surface area contributed by atoms with Gasteiger partial charge in [0.15, 0.2) is 5.75 Å². The molecule has 7 heteroatoms. The number of benzene rings is 1. The molecule has 112 valence electrons. The number of halogens is 2. The lowest BCUT2D eigenvalue weighted by Crippen LogP contribution is -1.99. The molecule has 0 saturated heterocycles. The van der Waals surface area contributed by atoms with Crippen molar-refractivity contribution >= 4 is 44.4 Å². The SMILES string of the molecule is CNc1ncc2c(-c3cncc(Cl)c3)cc(Br)c(OC)c2n1. The van der Waals surface area contributed by atoms with E-state index in [9.17, 15) is 0 Å². The second-order valence-electron chi connectivity index (χ2n) is 4.54. The standard InChI is InChI=1S/C15H12BrClN4O/c1-18-15-20-7-11-10(8-3-9(17)6-19-5-8)4-12(16)14(22-2)13(11)21-15/h3-7H,1-2H3,(H,18,20,21). The van der Waals surface area contributed by atoms with Crippen LogP contribution in [0.3, 0.4) is 0 Å². The van der Waals surface area contributed by atoms with E-state index >= 15 is 0 Å². The Morgan fingerprint density at radius 3 is 2.73 bits per heavy atom. The number of hydrogen-bond donors (Lipinski definition) is 1. The summed E-state index contributed by atoms with van der Waals surface area (Å²) in [5.74, 6) is 1.19. The van der Waals surface area contributed by atoms with Crippen LogP contribution in [0, 0.1) is 0 Å². The first-order chi connectivity index (χ1) is 10.6. The normalized spacial score (nSPS) is 10.7. The highest BCUT2D eigenvalue weighted by Crippen LogP contribution is 2.39. The molecule has 0 spiro atoms. The fourth-order valence-corrected chi connectivity index (χ4v) is 3.00. The van der Waals surface area contributed by atoms with E-state index in [1.807, 2.05) is 12.1 Å². The zero-order chi connectivity index (χ0) is 15.7. The minimum absolute atomic E-state index is 0.527. The van der Waals surface area contributed by atoms with Crippen molar-refractivity contribution in [1.29, 1.82) is 0 Å². The molecular formula is C15H12BrClN4O. The van der Waals surface area contributed by atoms with Crippen LogP contribution in [0.2, 0.25) is 5.02 Å². The summed E-state index contributed by atoms with van der Waals surface area (Å²) in [6.07, 6.45) is 5.12. The van der Waals surface area contributed by atoms with Gasteiger partial charge in [-0.25, -0.2) is 9.97 Å². The molecule has 3 aromatic rings. The van der Waals surface area contributed by atoms with Crippen LogP contribution in [-0.2, 0) is 0 Å². The van der Waals surface area contributed by atoms with Crippen LogP contribution in [0.25, 0.3) is 22.0 Å². The van der Waals surface area contributed by atoms with E-state index in [1.165, 1.54) is 0 Å². The number of nitrogens with zero attached hydrogens (tertiary/aromatic N) is 3. The Kier molecular flexibility index (Phi) is 4.13. The van der Waals surface area contributed by atoms with Crippen LogP contribution < -0.4 is 10.1 Å². The summed E-state index contributed by atoms with van der Waals surface area (Å²) in [6.45, 7) is 0. The van der Waals surface area contributed by atoms with Crippen molar-refractivity contribution in [3.8, 4) is 16.9 Å². The molecule has 0 aliphatic carbocycles. The maximum Gasteiger partial charge on any atom is 0.223 e. The van der Waals surface area contributed by atoms with Crippen LogP contribution in [0.5, 0.6) is 5.75 Å². The molecule has 1 aromatic carbocycles. The highest BCUT2D eigenvalue weighted by atomic mass is 79.9. The fraction of sp³-hybridized carbons (Fsp3) is 0.133. The number of fused-ring (bicyclic) bond motifs is 1. The third kappa shape index (κ3) is 2.60. The number of nitrogens with one attached hydrogen (secondary N) is 1. The molecule has 0 saturated carbocycles. The van der Waals surface area contributed by atoms with Crippen LogP contribution in [-0.4, -0.2) is 29.1 Å². The molecule has 3 rings (SSSR count). The van der Waals surface area contributed by atoms with Crippen molar-refractivity contribution in [2.24, 2.45) is 0 Å². The number of hydrogen-bond acceptors (Lipinski definition) is 5. The van der Waals surface area contributed by atoms with E-state index in [2.05, 4.69) is 36.2 Å². The predicted octanol–water partition coefficient (Wildman–Crippen LogP) is 4.16. The Morgan fingerprint density at radius 2 is 2.05 bits per heavy atom. The average Bonchev–Trinajstić information content (AvgIpc) is 2.53.